The lowest BCUT2D eigenvalue weighted by atomic mass is 9.91. The highest BCUT2D eigenvalue weighted by Crippen LogP contribution is 2.45. The molecule has 0 aliphatic rings. The molecule has 0 bridgehead atoms. The van der Waals surface area contributed by atoms with Crippen LogP contribution in [0.3, 0.4) is 0 Å². The number of fused-ring (bicyclic) bond motifs is 12. The topological polar surface area (TPSA) is 67.3 Å². The Kier molecular flexibility index (Phi) is 10.6. The van der Waals surface area contributed by atoms with Gasteiger partial charge in [-0.15, -0.1) is 6.58 Å². The van der Waals surface area contributed by atoms with Gasteiger partial charge >= 0.3 is 0 Å². The maximum Gasteiger partial charge on any atom is 0.0991 e. The second kappa shape index (κ2) is 18.1. The van der Waals surface area contributed by atoms with E-state index in [9.17, 15) is 10.5 Å². The summed E-state index contributed by atoms with van der Waals surface area (Å²) in [5.74, 6) is 0. The third-order valence-electron chi connectivity index (χ3n) is 15.2. The summed E-state index contributed by atoms with van der Waals surface area (Å²) in [6, 6.07) is 91.0. The molecule has 0 N–H and O–H groups in total. The lowest BCUT2D eigenvalue weighted by Gasteiger charge is -2.22. The van der Waals surface area contributed by atoms with Crippen molar-refractivity contribution >= 4 is 87.2 Å². The SMILES string of the molecule is C=CC.N#Cc1cccc(-c2cc(-n3c4ccccc4c4cc(-n5c6ccccc6c6ccccc65)ccc43)c(-n3c4ccccc4c4cc(-n5c6ccccc6c6ccccc65)ccc43)cc2-c2cccc(C#N)c2)c1. The van der Waals surface area contributed by atoms with Gasteiger partial charge < -0.3 is 18.3 Å². The fraction of sp³-hybridized carbons (Fsp3) is 0.0141. The highest BCUT2D eigenvalue weighted by molar-refractivity contribution is 6.15. The van der Waals surface area contributed by atoms with Crippen LogP contribution in [-0.4, -0.2) is 18.3 Å². The quantitative estimate of drug-likeness (QED) is 0.156. The average Bonchev–Trinajstić information content (AvgIpc) is 4.25. The summed E-state index contributed by atoms with van der Waals surface area (Å²) in [6.45, 7) is 5.25. The molecule has 15 aromatic rings. The summed E-state index contributed by atoms with van der Waals surface area (Å²) in [6.07, 6.45) is 1.75. The van der Waals surface area contributed by atoms with Crippen LogP contribution in [0.2, 0.25) is 0 Å². The first-order chi connectivity index (χ1) is 38.0. The summed E-state index contributed by atoms with van der Waals surface area (Å²) in [4.78, 5) is 0. The molecule has 0 atom stereocenters. The number of rotatable bonds is 6. The largest absolute Gasteiger partial charge is 0.309 e. The number of nitriles is 2. The van der Waals surface area contributed by atoms with Crippen LogP contribution in [0.15, 0.2) is 255 Å². The lowest BCUT2D eigenvalue weighted by Crippen LogP contribution is -2.05. The summed E-state index contributed by atoms with van der Waals surface area (Å²) in [5.41, 5.74) is 17.8. The molecular weight excluding hydrogens is 937 g/mol. The molecule has 0 fully saturated rings. The Labute approximate surface area is 444 Å². The summed E-state index contributed by atoms with van der Waals surface area (Å²) < 4.78 is 9.63. The molecule has 0 saturated carbocycles. The number of para-hydroxylation sites is 6. The van der Waals surface area contributed by atoms with Crippen LogP contribution in [0.1, 0.15) is 18.1 Å². The predicted molar refractivity (Wildman–Crippen MR) is 320 cm³/mol. The maximum absolute atomic E-state index is 10.3. The van der Waals surface area contributed by atoms with Crippen molar-refractivity contribution in [3.8, 4) is 57.1 Å². The minimum Gasteiger partial charge on any atom is -0.309 e. The average molecular weight is 983 g/mol. The molecule has 0 spiro atoms. The number of aromatic nitrogens is 4. The van der Waals surface area contributed by atoms with Crippen LogP contribution in [-0.2, 0) is 0 Å². The van der Waals surface area contributed by atoms with Gasteiger partial charge in [0, 0.05) is 54.5 Å². The lowest BCUT2D eigenvalue weighted by molar-refractivity contribution is 1.09. The molecule has 0 unspecified atom stereocenters. The third kappa shape index (κ3) is 7.01. The van der Waals surface area contributed by atoms with Crippen molar-refractivity contribution in [1.82, 2.24) is 18.3 Å². The van der Waals surface area contributed by atoms with Gasteiger partial charge in [0.15, 0.2) is 0 Å². The standard InChI is InChI=1S/C68H40N6.C3H6/c69-41-43-15-13-17-45(35-43)55-39-67(73-63-29-11-5-23-53(63)57-37-47(31-33-65(57)73)71-59-25-7-1-19-49(59)50-20-2-8-26-60(50)71)68(40-56(55)46-18-14-16-44(36-46)42-70)74-64-30-12-6-24-54(64)58-38-48(32-34-66(58)74)72-61-27-9-3-21-51(61)52-22-4-10-28-62(52)72;1-3-2/h1-40H;3H,1H2,2H3. The van der Waals surface area contributed by atoms with E-state index in [1.807, 2.05) is 43.3 Å². The second-order valence-electron chi connectivity index (χ2n) is 19.5. The first-order valence-corrected chi connectivity index (χ1v) is 25.9. The molecule has 6 heteroatoms. The monoisotopic (exact) mass is 982 g/mol. The van der Waals surface area contributed by atoms with E-state index in [2.05, 4.69) is 243 Å². The molecule has 0 aliphatic carbocycles. The van der Waals surface area contributed by atoms with Crippen molar-refractivity contribution in [2.45, 2.75) is 6.92 Å². The second-order valence-corrected chi connectivity index (χ2v) is 19.5. The molecule has 0 radical (unpaired) electrons. The molecule has 0 amide bonds. The zero-order chi connectivity index (χ0) is 51.7. The Morgan fingerprint density at radius 3 is 0.922 bits per heavy atom. The van der Waals surface area contributed by atoms with E-state index in [4.69, 9.17) is 0 Å². The number of hydrogen-bond donors (Lipinski definition) is 0. The number of nitrogens with zero attached hydrogens (tertiary/aromatic N) is 6. The van der Waals surface area contributed by atoms with Crippen molar-refractivity contribution in [2.24, 2.45) is 0 Å². The highest BCUT2D eigenvalue weighted by atomic mass is 15.1. The Morgan fingerprint density at radius 2 is 0.597 bits per heavy atom. The minimum absolute atomic E-state index is 0.570. The van der Waals surface area contributed by atoms with Crippen molar-refractivity contribution in [3.63, 3.8) is 0 Å². The third-order valence-corrected chi connectivity index (χ3v) is 15.2. The van der Waals surface area contributed by atoms with Crippen molar-refractivity contribution in [2.75, 3.05) is 0 Å². The van der Waals surface area contributed by atoms with E-state index in [0.717, 1.165) is 111 Å². The summed E-state index contributed by atoms with van der Waals surface area (Å²) >= 11 is 0. The zero-order valence-electron chi connectivity index (χ0n) is 42.1. The molecule has 0 saturated heterocycles. The van der Waals surface area contributed by atoms with Gasteiger partial charge in [-0.25, -0.2) is 0 Å². The van der Waals surface area contributed by atoms with Gasteiger partial charge in [-0.3, -0.25) is 0 Å². The van der Waals surface area contributed by atoms with E-state index in [-0.39, 0.29) is 0 Å². The molecule has 15 rings (SSSR count). The molecule has 6 nitrogen and oxygen atoms in total. The van der Waals surface area contributed by atoms with Gasteiger partial charge in [0.1, 0.15) is 0 Å². The Hall–Kier alpha value is -10.7. The summed E-state index contributed by atoms with van der Waals surface area (Å²) in [7, 11) is 0. The van der Waals surface area contributed by atoms with Crippen LogP contribution >= 0.6 is 0 Å². The molecule has 77 heavy (non-hydrogen) atoms. The van der Waals surface area contributed by atoms with Gasteiger partial charge in [0.05, 0.1) is 78.8 Å². The van der Waals surface area contributed by atoms with Crippen molar-refractivity contribution < 1.29 is 0 Å². The Bertz CT molecular complexity index is 4580. The van der Waals surface area contributed by atoms with E-state index in [1.165, 1.54) is 21.5 Å². The fourth-order valence-corrected chi connectivity index (χ4v) is 12.0. The first kappa shape index (κ1) is 45.0. The van der Waals surface area contributed by atoms with Crippen LogP contribution in [0.25, 0.3) is 132 Å². The van der Waals surface area contributed by atoms with Crippen LogP contribution in [0.5, 0.6) is 0 Å². The molecule has 0 aliphatic heterocycles. The fourth-order valence-electron chi connectivity index (χ4n) is 12.0. The minimum atomic E-state index is 0.570. The van der Waals surface area contributed by atoms with E-state index in [0.29, 0.717) is 11.1 Å². The van der Waals surface area contributed by atoms with Gasteiger partial charge in [0.2, 0.25) is 0 Å². The zero-order valence-corrected chi connectivity index (χ0v) is 42.1. The molecule has 4 heterocycles. The van der Waals surface area contributed by atoms with E-state index < -0.39 is 0 Å². The van der Waals surface area contributed by atoms with Crippen LogP contribution in [0.4, 0.5) is 0 Å². The van der Waals surface area contributed by atoms with Crippen molar-refractivity contribution in [1.29, 1.82) is 10.5 Å². The molecule has 360 valence electrons. The number of allylic oxidation sites excluding steroid dienone is 1. The molecular formula is C71H46N6. The van der Waals surface area contributed by atoms with Gasteiger partial charge in [0.25, 0.3) is 0 Å². The van der Waals surface area contributed by atoms with Crippen LogP contribution in [0, 0.1) is 22.7 Å². The van der Waals surface area contributed by atoms with Gasteiger partial charge in [-0.1, -0.05) is 140 Å². The van der Waals surface area contributed by atoms with E-state index >= 15 is 0 Å². The summed E-state index contributed by atoms with van der Waals surface area (Å²) in [5, 5.41) is 29.9. The number of benzene rings is 11. The predicted octanol–water partition coefficient (Wildman–Crippen LogP) is 18.3. The Morgan fingerprint density at radius 1 is 0.312 bits per heavy atom. The maximum atomic E-state index is 10.3. The van der Waals surface area contributed by atoms with Crippen molar-refractivity contribution in [3.05, 3.63) is 266 Å². The van der Waals surface area contributed by atoms with Gasteiger partial charge in [-0.05, 0) is 138 Å². The molecule has 11 aromatic carbocycles. The smallest absolute Gasteiger partial charge is 0.0991 e. The van der Waals surface area contributed by atoms with E-state index in [1.54, 1.807) is 6.08 Å². The molecule has 4 aromatic heterocycles. The first-order valence-electron chi connectivity index (χ1n) is 25.9. The normalized spacial score (nSPS) is 11.5. The van der Waals surface area contributed by atoms with Crippen LogP contribution < -0.4 is 0 Å². The number of hydrogen-bond acceptors (Lipinski definition) is 2. The highest BCUT2D eigenvalue weighted by Gasteiger charge is 2.25. The Balaban J connectivity index is 0.00000176. The van der Waals surface area contributed by atoms with Gasteiger partial charge in [-0.2, -0.15) is 10.5 Å².